The minimum absolute atomic E-state index is 0.147. The van der Waals surface area contributed by atoms with Crippen LogP contribution in [0.1, 0.15) is 19.3 Å². The Morgan fingerprint density at radius 3 is 3.04 bits per heavy atom. The summed E-state index contributed by atoms with van der Waals surface area (Å²) in [6.45, 7) is 1.56. The molecule has 0 spiro atoms. The standard InChI is InChI=1S/C18H18ClN5O2/c19-13-3-4-15-21-9-14(24(15)11-13)18-20-6-5-16(22-18)23-7-1-2-12(10-23)8-17(25)26/h3-6,9,11-12H,1-2,7-8,10H2,(H,25,26). The van der Waals surface area contributed by atoms with E-state index >= 15 is 0 Å². The summed E-state index contributed by atoms with van der Waals surface area (Å²) in [5, 5.41) is 9.66. The van der Waals surface area contributed by atoms with Crippen molar-refractivity contribution in [2.45, 2.75) is 19.3 Å². The Labute approximate surface area is 155 Å². The van der Waals surface area contributed by atoms with E-state index in [2.05, 4.69) is 14.9 Å². The highest BCUT2D eigenvalue weighted by Gasteiger charge is 2.23. The van der Waals surface area contributed by atoms with E-state index in [9.17, 15) is 4.79 Å². The van der Waals surface area contributed by atoms with Crippen LogP contribution >= 0.6 is 11.6 Å². The number of rotatable bonds is 4. The quantitative estimate of drug-likeness (QED) is 0.758. The highest BCUT2D eigenvalue weighted by molar-refractivity contribution is 6.30. The summed E-state index contributed by atoms with van der Waals surface area (Å²) in [7, 11) is 0. The topological polar surface area (TPSA) is 83.6 Å². The molecule has 1 atom stereocenters. The van der Waals surface area contributed by atoms with Crippen LogP contribution in [-0.2, 0) is 4.79 Å². The molecule has 26 heavy (non-hydrogen) atoms. The molecule has 3 aromatic heterocycles. The molecule has 4 rings (SSSR count). The largest absolute Gasteiger partial charge is 0.481 e. The summed E-state index contributed by atoms with van der Waals surface area (Å²) in [6.07, 6.45) is 7.34. The molecule has 3 aromatic rings. The molecule has 7 nitrogen and oxygen atoms in total. The molecule has 1 unspecified atom stereocenters. The SMILES string of the molecule is O=C(O)CC1CCCN(c2ccnc(-c3cnc4ccc(Cl)cn34)n2)C1. The molecule has 1 saturated heterocycles. The van der Waals surface area contributed by atoms with E-state index in [0.29, 0.717) is 17.4 Å². The number of imidazole rings is 1. The van der Waals surface area contributed by atoms with Crippen LogP contribution in [0.3, 0.4) is 0 Å². The molecular formula is C18H18ClN5O2. The van der Waals surface area contributed by atoms with Crippen molar-refractivity contribution < 1.29 is 9.90 Å². The van der Waals surface area contributed by atoms with E-state index in [1.54, 1.807) is 24.7 Å². The van der Waals surface area contributed by atoms with Crippen LogP contribution in [0.15, 0.2) is 36.8 Å². The summed E-state index contributed by atoms with van der Waals surface area (Å²) in [5.41, 5.74) is 1.54. The first-order valence-corrected chi connectivity index (χ1v) is 8.91. The summed E-state index contributed by atoms with van der Waals surface area (Å²) < 4.78 is 1.87. The van der Waals surface area contributed by atoms with Gasteiger partial charge in [-0.25, -0.2) is 15.0 Å². The highest BCUT2D eigenvalue weighted by Crippen LogP contribution is 2.26. The van der Waals surface area contributed by atoms with Crippen molar-refractivity contribution in [2.24, 2.45) is 5.92 Å². The normalized spacial score (nSPS) is 17.6. The lowest BCUT2D eigenvalue weighted by Gasteiger charge is -2.33. The zero-order valence-electron chi connectivity index (χ0n) is 14.0. The second kappa shape index (κ2) is 6.92. The number of nitrogens with zero attached hydrogens (tertiary/aromatic N) is 5. The van der Waals surface area contributed by atoms with Gasteiger partial charge in [0.1, 0.15) is 17.2 Å². The number of piperidine rings is 1. The van der Waals surface area contributed by atoms with Gasteiger partial charge >= 0.3 is 5.97 Å². The third-order valence-corrected chi connectivity index (χ3v) is 4.87. The van der Waals surface area contributed by atoms with Gasteiger partial charge in [-0.05, 0) is 37.0 Å². The Balaban J connectivity index is 1.64. The maximum Gasteiger partial charge on any atom is 0.303 e. The summed E-state index contributed by atoms with van der Waals surface area (Å²) in [5.74, 6) is 0.775. The zero-order valence-corrected chi connectivity index (χ0v) is 14.8. The van der Waals surface area contributed by atoms with Gasteiger partial charge in [0.15, 0.2) is 5.82 Å². The molecule has 1 aliphatic rings. The van der Waals surface area contributed by atoms with Gasteiger partial charge in [-0.3, -0.25) is 9.20 Å². The fourth-order valence-corrected chi connectivity index (χ4v) is 3.62. The molecule has 134 valence electrons. The molecule has 1 N–H and O–H groups in total. The van der Waals surface area contributed by atoms with E-state index < -0.39 is 5.97 Å². The van der Waals surface area contributed by atoms with Crippen molar-refractivity contribution in [1.29, 1.82) is 0 Å². The summed E-state index contributed by atoms with van der Waals surface area (Å²) in [4.78, 5) is 26.6. The number of hydrogen-bond donors (Lipinski definition) is 1. The first-order valence-electron chi connectivity index (χ1n) is 8.53. The van der Waals surface area contributed by atoms with E-state index in [1.807, 2.05) is 16.5 Å². The minimum atomic E-state index is -0.747. The predicted octanol–water partition coefficient (Wildman–Crippen LogP) is 3.14. The Morgan fingerprint density at radius 2 is 2.19 bits per heavy atom. The van der Waals surface area contributed by atoms with E-state index in [0.717, 1.165) is 36.5 Å². The van der Waals surface area contributed by atoms with Crippen LogP contribution in [0.25, 0.3) is 17.2 Å². The van der Waals surface area contributed by atoms with Gasteiger partial charge in [0, 0.05) is 31.9 Å². The molecule has 0 aliphatic carbocycles. The van der Waals surface area contributed by atoms with Gasteiger partial charge in [0.05, 0.1) is 11.2 Å². The van der Waals surface area contributed by atoms with Crippen molar-refractivity contribution in [3.8, 4) is 11.5 Å². The lowest BCUT2D eigenvalue weighted by atomic mass is 9.95. The van der Waals surface area contributed by atoms with Gasteiger partial charge < -0.3 is 10.0 Å². The Bertz CT molecular complexity index is 958. The van der Waals surface area contributed by atoms with Crippen molar-refractivity contribution in [1.82, 2.24) is 19.4 Å². The van der Waals surface area contributed by atoms with Crippen LogP contribution in [0, 0.1) is 5.92 Å². The Kier molecular flexibility index (Phi) is 4.46. The number of fused-ring (bicyclic) bond motifs is 1. The smallest absolute Gasteiger partial charge is 0.303 e. The highest BCUT2D eigenvalue weighted by atomic mass is 35.5. The van der Waals surface area contributed by atoms with Crippen LogP contribution in [0.5, 0.6) is 0 Å². The van der Waals surface area contributed by atoms with Gasteiger partial charge in [0.25, 0.3) is 0 Å². The summed E-state index contributed by atoms with van der Waals surface area (Å²) in [6, 6.07) is 5.50. The number of anilines is 1. The number of carboxylic acids is 1. The zero-order chi connectivity index (χ0) is 18.1. The minimum Gasteiger partial charge on any atom is -0.481 e. The molecule has 0 saturated carbocycles. The van der Waals surface area contributed by atoms with Gasteiger partial charge in [-0.2, -0.15) is 0 Å². The number of pyridine rings is 1. The molecule has 0 amide bonds. The molecule has 0 radical (unpaired) electrons. The number of carbonyl (C=O) groups is 1. The second-order valence-electron chi connectivity index (χ2n) is 6.51. The maximum absolute atomic E-state index is 11.0. The van der Waals surface area contributed by atoms with Gasteiger partial charge in [-0.1, -0.05) is 11.6 Å². The molecule has 0 aromatic carbocycles. The number of halogens is 1. The van der Waals surface area contributed by atoms with Crippen molar-refractivity contribution in [2.75, 3.05) is 18.0 Å². The number of carboxylic acid groups (broad SMARTS) is 1. The lowest BCUT2D eigenvalue weighted by molar-refractivity contribution is -0.138. The third kappa shape index (κ3) is 3.35. The number of aliphatic carboxylic acids is 1. The van der Waals surface area contributed by atoms with Gasteiger partial charge in [0.2, 0.25) is 0 Å². The average Bonchev–Trinajstić information content (AvgIpc) is 3.04. The molecule has 4 heterocycles. The Hall–Kier alpha value is -2.67. The number of hydrogen-bond acceptors (Lipinski definition) is 5. The molecule has 0 bridgehead atoms. The first kappa shape index (κ1) is 16.8. The molecule has 1 aliphatic heterocycles. The van der Waals surface area contributed by atoms with Crippen LogP contribution in [0.2, 0.25) is 5.02 Å². The molecular weight excluding hydrogens is 354 g/mol. The lowest BCUT2D eigenvalue weighted by Crippen LogP contribution is -2.36. The average molecular weight is 372 g/mol. The van der Waals surface area contributed by atoms with E-state index in [4.69, 9.17) is 21.7 Å². The van der Waals surface area contributed by atoms with Crippen molar-refractivity contribution in [3.05, 3.63) is 41.8 Å². The van der Waals surface area contributed by atoms with Crippen molar-refractivity contribution in [3.63, 3.8) is 0 Å². The third-order valence-electron chi connectivity index (χ3n) is 4.65. The van der Waals surface area contributed by atoms with Gasteiger partial charge in [-0.15, -0.1) is 0 Å². The molecule has 1 fully saturated rings. The second-order valence-corrected chi connectivity index (χ2v) is 6.95. The Morgan fingerprint density at radius 1 is 1.31 bits per heavy atom. The van der Waals surface area contributed by atoms with Crippen LogP contribution in [0.4, 0.5) is 5.82 Å². The fourth-order valence-electron chi connectivity index (χ4n) is 3.46. The predicted molar refractivity (Wildman–Crippen MR) is 98.4 cm³/mol. The fraction of sp³-hybridized carbons (Fsp3) is 0.333. The van der Waals surface area contributed by atoms with Crippen LogP contribution in [-0.4, -0.2) is 43.5 Å². The van der Waals surface area contributed by atoms with Crippen LogP contribution < -0.4 is 4.90 Å². The van der Waals surface area contributed by atoms with Crippen molar-refractivity contribution >= 4 is 29.0 Å². The summed E-state index contributed by atoms with van der Waals surface area (Å²) >= 11 is 6.10. The number of aromatic nitrogens is 4. The monoisotopic (exact) mass is 371 g/mol. The van der Waals surface area contributed by atoms with E-state index in [-0.39, 0.29) is 12.3 Å². The van der Waals surface area contributed by atoms with E-state index in [1.165, 1.54) is 0 Å². The first-order chi connectivity index (χ1) is 12.6. The maximum atomic E-state index is 11.0. The molecule has 8 heteroatoms.